The zero-order valence-electron chi connectivity index (χ0n) is 17.3. The zero-order chi connectivity index (χ0) is 22.3. The van der Waals surface area contributed by atoms with Crippen molar-refractivity contribution in [3.8, 4) is 0 Å². The molecule has 1 aliphatic rings. The molecule has 3 aromatic carbocycles. The highest BCUT2D eigenvalue weighted by atomic mass is 35.5. The molecule has 0 saturated heterocycles. The van der Waals surface area contributed by atoms with Crippen molar-refractivity contribution in [2.45, 2.75) is 20.8 Å². The molecule has 0 radical (unpaired) electrons. The number of nitrogens with zero attached hydrogens (tertiary/aromatic N) is 1. The van der Waals surface area contributed by atoms with Crippen LogP contribution in [0.25, 0.3) is 5.57 Å². The molecule has 0 saturated carbocycles. The Morgan fingerprint density at radius 3 is 2.16 bits per heavy atom. The second-order valence-corrected chi connectivity index (χ2v) is 8.01. The predicted octanol–water partition coefficient (Wildman–Crippen LogP) is 5.80. The van der Waals surface area contributed by atoms with E-state index in [1.54, 1.807) is 12.1 Å². The average molecular weight is 435 g/mol. The van der Waals surface area contributed by atoms with Crippen molar-refractivity contribution in [3.05, 3.63) is 99.5 Å². The van der Waals surface area contributed by atoms with Crippen molar-refractivity contribution in [2.75, 3.05) is 10.2 Å². The Morgan fingerprint density at radius 1 is 0.839 bits per heavy atom. The zero-order valence-corrected chi connectivity index (χ0v) is 18.0. The summed E-state index contributed by atoms with van der Waals surface area (Å²) in [4.78, 5) is 27.8. The minimum absolute atomic E-state index is 0.161. The third-order valence-corrected chi connectivity index (χ3v) is 5.52. The van der Waals surface area contributed by atoms with E-state index in [9.17, 15) is 14.0 Å². The van der Waals surface area contributed by atoms with Gasteiger partial charge in [-0.2, -0.15) is 0 Å². The maximum Gasteiger partial charge on any atom is 0.282 e. The SMILES string of the molecule is Cc1ccc(C2=C(Nc3ccc(C)cc3C)C(=O)N(c3ccc(F)c(Cl)c3)C2=O)cc1. The molecule has 31 heavy (non-hydrogen) atoms. The fraction of sp³-hybridized carbons (Fsp3) is 0.120. The van der Waals surface area contributed by atoms with E-state index in [0.29, 0.717) is 5.56 Å². The number of benzene rings is 3. The molecule has 1 N–H and O–H groups in total. The van der Waals surface area contributed by atoms with Crippen LogP contribution in [0.5, 0.6) is 0 Å². The summed E-state index contributed by atoms with van der Waals surface area (Å²) in [5, 5.41) is 3.00. The number of hydrogen-bond donors (Lipinski definition) is 1. The molecule has 156 valence electrons. The summed E-state index contributed by atoms with van der Waals surface area (Å²) in [7, 11) is 0. The quantitative estimate of drug-likeness (QED) is 0.528. The molecule has 0 fully saturated rings. The van der Waals surface area contributed by atoms with Crippen LogP contribution in [-0.2, 0) is 9.59 Å². The van der Waals surface area contributed by atoms with Gasteiger partial charge >= 0.3 is 0 Å². The van der Waals surface area contributed by atoms with Crippen LogP contribution in [0.15, 0.2) is 66.4 Å². The third kappa shape index (κ3) is 3.84. The molecule has 2 amide bonds. The Hall–Kier alpha value is -3.44. The molecule has 0 bridgehead atoms. The van der Waals surface area contributed by atoms with E-state index in [0.717, 1.165) is 33.3 Å². The van der Waals surface area contributed by atoms with E-state index in [1.807, 2.05) is 51.1 Å². The van der Waals surface area contributed by atoms with Gasteiger partial charge in [-0.15, -0.1) is 0 Å². The van der Waals surface area contributed by atoms with Crippen molar-refractivity contribution < 1.29 is 14.0 Å². The van der Waals surface area contributed by atoms with Crippen LogP contribution in [0.2, 0.25) is 5.02 Å². The number of amides is 2. The second-order valence-electron chi connectivity index (χ2n) is 7.60. The molecular formula is C25H20ClFN2O2. The summed E-state index contributed by atoms with van der Waals surface area (Å²) >= 11 is 5.91. The number of carbonyl (C=O) groups is 2. The highest BCUT2D eigenvalue weighted by Crippen LogP contribution is 2.35. The predicted molar refractivity (Wildman–Crippen MR) is 122 cm³/mol. The van der Waals surface area contributed by atoms with Crippen molar-refractivity contribution in [1.29, 1.82) is 0 Å². The summed E-state index contributed by atoms with van der Waals surface area (Å²) in [5.41, 5.74) is 5.05. The van der Waals surface area contributed by atoms with E-state index < -0.39 is 17.6 Å². The number of carbonyl (C=O) groups excluding carboxylic acids is 2. The van der Waals surface area contributed by atoms with E-state index in [2.05, 4.69) is 5.32 Å². The molecule has 0 unspecified atom stereocenters. The number of imide groups is 1. The van der Waals surface area contributed by atoms with Crippen LogP contribution in [0, 0.1) is 26.6 Å². The fourth-order valence-electron chi connectivity index (χ4n) is 3.58. The maximum atomic E-state index is 13.7. The van der Waals surface area contributed by atoms with Crippen molar-refractivity contribution >= 4 is 40.4 Å². The van der Waals surface area contributed by atoms with Crippen LogP contribution < -0.4 is 10.2 Å². The van der Waals surface area contributed by atoms with Crippen LogP contribution in [0.1, 0.15) is 22.3 Å². The Morgan fingerprint density at radius 2 is 1.52 bits per heavy atom. The first-order chi connectivity index (χ1) is 14.8. The van der Waals surface area contributed by atoms with Crippen LogP contribution >= 0.6 is 11.6 Å². The summed E-state index contributed by atoms with van der Waals surface area (Å²) in [5.74, 6) is -1.64. The Labute approximate surface area is 185 Å². The molecule has 0 aliphatic carbocycles. The lowest BCUT2D eigenvalue weighted by Crippen LogP contribution is -2.32. The van der Waals surface area contributed by atoms with Gasteiger partial charge in [-0.1, -0.05) is 59.1 Å². The van der Waals surface area contributed by atoms with Crippen LogP contribution in [-0.4, -0.2) is 11.8 Å². The van der Waals surface area contributed by atoms with Crippen LogP contribution in [0.4, 0.5) is 15.8 Å². The van der Waals surface area contributed by atoms with Gasteiger partial charge in [-0.05, 0) is 56.2 Å². The Bertz CT molecular complexity index is 1250. The standard InChI is InChI=1S/C25H20ClFN2O2/c1-14-4-7-17(8-5-14)22-23(28-21-11-6-15(2)12-16(21)3)25(31)29(24(22)30)18-9-10-20(27)19(26)13-18/h4-13,28H,1-3H3. The van der Waals surface area contributed by atoms with E-state index >= 15 is 0 Å². The molecule has 0 atom stereocenters. The minimum Gasteiger partial charge on any atom is -0.350 e. The summed E-state index contributed by atoms with van der Waals surface area (Å²) in [6.45, 7) is 5.86. The van der Waals surface area contributed by atoms with Crippen molar-refractivity contribution in [2.24, 2.45) is 0 Å². The molecule has 4 rings (SSSR count). The highest BCUT2D eigenvalue weighted by molar-refractivity contribution is 6.46. The first-order valence-corrected chi connectivity index (χ1v) is 10.1. The summed E-state index contributed by atoms with van der Waals surface area (Å²) in [6, 6.07) is 17.0. The summed E-state index contributed by atoms with van der Waals surface area (Å²) in [6.07, 6.45) is 0. The van der Waals surface area contributed by atoms with E-state index in [4.69, 9.17) is 11.6 Å². The molecule has 1 heterocycles. The lowest BCUT2D eigenvalue weighted by molar-refractivity contribution is -0.120. The van der Waals surface area contributed by atoms with Gasteiger partial charge in [0.2, 0.25) is 0 Å². The van der Waals surface area contributed by atoms with Gasteiger partial charge in [0.05, 0.1) is 16.3 Å². The monoisotopic (exact) mass is 434 g/mol. The van der Waals surface area contributed by atoms with Gasteiger partial charge in [0.25, 0.3) is 11.8 Å². The Balaban J connectivity index is 1.84. The molecule has 0 aromatic heterocycles. The highest BCUT2D eigenvalue weighted by Gasteiger charge is 2.40. The van der Waals surface area contributed by atoms with Gasteiger partial charge < -0.3 is 5.32 Å². The van der Waals surface area contributed by atoms with Crippen molar-refractivity contribution in [3.63, 3.8) is 0 Å². The smallest absolute Gasteiger partial charge is 0.282 e. The topological polar surface area (TPSA) is 49.4 Å². The number of anilines is 2. The molecule has 1 aliphatic heterocycles. The number of aryl methyl sites for hydroxylation is 3. The lowest BCUT2D eigenvalue weighted by Gasteiger charge is -2.16. The number of halogens is 2. The lowest BCUT2D eigenvalue weighted by atomic mass is 10.0. The fourth-order valence-corrected chi connectivity index (χ4v) is 3.76. The average Bonchev–Trinajstić information content (AvgIpc) is 2.97. The molecule has 4 nitrogen and oxygen atoms in total. The number of rotatable bonds is 4. The second kappa shape index (κ2) is 8.00. The molecule has 6 heteroatoms. The number of nitrogens with one attached hydrogen (secondary N) is 1. The van der Waals surface area contributed by atoms with Gasteiger partial charge in [0.15, 0.2) is 0 Å². The van der Waals surface area contributed by atoms with E-state index in [1.165, 1.54) is 12.1 Å². The minimum atomic E-state index is -0.621. The van der Waals surface area contributed by atoms with E-state index in [-0.39, 0.29) is 22.0 Å². The van der Waals surface area contributed by atoms with Gasteiger partial charge in [0.1, 0.15) is 11.5 Å². The molecular weight excluding hydrogens is 415 g/mol. The first-order valence-electron chi connectivity index (χ1n) is 9.75. The molecule has 0 spiro atoms. The summed E-state index contributed by atoms with van der Waals surface area (Å²) < 4.78 is 13.7. The van der Waals surface area contributed by atoms with Gasteiger partial charge in [-0.25, -0.2) is 9.29 Å². The van der Waals surface area contributed by atoms with Gasteiger partial charge in [-0.3, -0.25) is 9.59 Å². The normalized spacial score (nSPS) is 13.9. The first kappa shape index (κ1) is 20.8. The number of hydrogen-bond acceptors (Lipinski definition) is 3. The van der Waals surface area contributed by atoms with Crippen LogP contribution in [0.3, 0.4) is 0 Å². The largest absolute Gasteiger partial charge is 0.350 e. The maximum absolute atomic E-state index is 13.7. The molecule has 3 aromatic rings. The van der Waals surface area contributed by atoms with Crippen molar-refractivity contribution in [1.82, 2.24) is 0 Å². The Kier molecular flexibility index (Phi) is 5.38. The van der Waals surface area contributed by atoms with Gasteiger partial charge in [0, 0.05) is 5.69 Å². The third-order valence-electron chi connectivity index (χ3n) is 5.23.